The summed E-state index contributed by atoms with van der Waals surface area (Å²) in [6, 6.07) is 0.208. The Labute approximate surface area is 146 Å². The molecule has 1 aliphatic heterocycles. The van der Waals surface area contributed by atoms with Gasteiger partial charge in [-0.2, -0.15) is 0 Å². The fourth-order valence-corrected chi connectivity index (χ4v) is 3.78. The van der Waals surface area contributed by atoms with Gasteiger partial charge in [0, 0.05) is 19.1 Å². The van der Waals surface area contributed by atoms with Crippen molar-refractivity contribution in [3.8, 4) is 0 Å². The molecule has 6 heteroatoms. The lowest BCUT2D eigenvalue weighted by Crippen LogP contribution is -2.57. The van der Waals surface area contributed by atoms with Crippen molar-refractivity contribution < 1.29 is 9.59 Å². The third-order valence-electron chi connectivity index (χ3n) is 5.11. The van der Waals surface area contributed by atoms with Crippen molar-refractivity contribution in [1.82, 2.24) is 10.2 Å². The summed E-state index contributed by atoms with van der Waals surface area (Å²) in [7, 11) is 0. The highest BCUT2D eigenvalue weighted by molar-refractivity contribution is 5.87. The largest absolute Gasteiger partial charge is 0.353 e. The third-order valence-corrected chi connectivity index (χ3v) is 5.11. The summed E-state index contributed by atoms with van der Waals surface area (Å²) in [6.07, 6.45) is 7.45. The van der Waals surface area contributed by atoms with Gasteiger partial charge >= 0.3 is 0 Å². The Morgan fingerprint density at radius 1 is 1.30 bits per heavy atom. The Bertz CT molecular complexity index is 411. The van der Waals surface area contributed by atoms with Gasteiger partial charge in [0.1, 0.15) is 0 Å². The van der Waals surface area contributed by atoms with Crippen LogP contribution >= 0.6 is 12.4 Å². The van der Waals surface area contributed by atoms with Crippen molar-refractivity contribution in [1.29, 1.82) is 0 Å². The van der Waals surface area contributed by atoms with Crippen molar-refractivity contribution in [2.75, 3.05) is 13.1 Å². The summed E-state index contributed by atoms with van der Waals surface area (Å²) in [6.45, 7) is 5.43. The van der Waals surface area contributed by atoms with Gasteiger partial charge in [-0.15, -0.1) is 12.4 Å². The number of piperidine rings is 1. The maximum atomic E-state index is 12.7. The molecular weight excluding hydrogens is 314 g/mol. The van der Waals surface area contributed by atoms with E-state index in [4.69, 9.17) is 5.73 Å². The van der Waals surface area contributed by atoms with Crippen molar-refractivity contribution in [2.45, 2.75) is 76.8 Å². The van der Waals surface area contributed by atoms with E-state index >= 15 is 0 Å². The van der Waals surface area contributed by atoms with Crippen molar-refractivity contribution in [3.05, 3.63) is 0 Å². The van der Waals surface area contributed by atoms with Crippen LogP contribution in [0.5, 0.6) is 0 Å². The lowest BCUT2D eigenvalue weighted by Gasteiger charge is -2.37. The van der Waals surface area contributed by atoms with E-state index in [-0.39, 0.29) is 36.2 Å². The van der Waals surface area contributed by atoms with Gasteiger partial charge in [0.25, 0.3) is 0 Å². The molecule has 1 saturated carbocycles. The lowest BCUT2D eigenvalue weighted by atomic mass is 9.92. The van der Waals surface area contributed by atoms with Gasteiger partial charge in [-0.3, -0.25) is 9.59 Å². The second-order valence-corrected chi connectivity index (χ2v) is 7.15. The van der Waals surface area contributed by atoms with Crippen LogP contribution in [0, 0.1) is 5.92 Å². The predicted octanol–water partition coefficient (Wildman–Crippen LogP) is 2.22. The zero-order chi connectivity index (χ0) is 16.2. The van der Waals surface area contributed by atoms with E-state index < -0.39 is 5.54 Å². The number of carbonyl (C=O) groups excluding carboxylic acids is 2. The third kappa shape index (κ3) is 5.08. The summed E-state index contributed by atoms with van der Waals surface area (Å²) in [5.74, 6) is 0.0714. The summed E-state index contributed by atoms with van der Waals surface area (Å²) in [4.78, 5) is 26.9. The van der Waals surface area contributed by atoms with Crippen LogP contribution in [0.4, 0.5) is 0 Å². The number of nitrogens with two attached hydrogens (primary N) is 1. The molecule has 0 radical (unpaired) electrons. The zero-order valence-electron chi connectivity index (χ0n) is 14.5. The Kier molecular flexibility index (Phi) is 7.81. The first-order chi connectivity index (χ1) is 10.5. The van der Waals surface area contributed by atoms with Gasteiger partial charge in [0.05, 0.1) is 11.5 Å². The molecule has 1 heterocycles. The van der Waals surface area contributed by atoms with Crippen LogP contribution in [0.2, 0.25) is 0 Å². The van der Waals surface area contributed by atoms with E-state index in [1.165, 1.54) is 0 Å². The summed E-state index contributed by atoms with van der Waals surface area (Å²) in [5, 5.41) is 3.08. The molecule has 2 rings (SSSR count). The summed E-state index contributed by atoms with van der Waals surface area (Å²) < 4.78 is 0. The predicted molar refractivity (Wildman–Crippen MR) is 94.5 cm³/mol. The van der Waals surface area contributed by atoms with Crippen molar-refractivity contribution in [3.63, 3.8) is 0 Å². The van der Waals surface area contributed by atoms with Gasteiger partial charge in [-0.1, -0.05) is 26.2 Å². The lowest BCUT2D eigenvalue weighted by molar-refractivity contribution is -0.140. The van der Waals surface area contributed by atoms with Crippen LogP contribution in [-0.4, -0.2) is 41.4 Å². The fourth-order valence-electron chi connectivity index (χ4n) is 3.78. The second kappa shape index (κ2) is 8.88. The summed E-state index contributed by atoms with van der Waals surface area (Å²) in [5.41, 5.74) is 5.61. The highest BCUT2D eigenvalue weighted by Crippen LogP contribution is 2.30. The van der Waals surface area contributed by atoms with Crippen LogP contribution in [0.15, 0.2) is 0 Å². The molecule has 2 atom stereocenters. The molecule has 2 aliphatic rings. The molecule has 2 unspecified atom stereocenters. The quantitative estimate of drug-likeness (QED) is 0.802. The van der Waals surface area contributed by atoms with E-state index in [0.717, 1.165) is 57.9 Å². The number of halogens is 1. The Balaban J connectivity index is 0.00000264. The first-order valence-electron chi connectivity index (χ1n) is 8.85. The van der Waals surface area contributed by atoms with Crippen LogP contribution in [0.1, 0.15) is 65.2 Å². The van der Waals surface area contributed by atoms with Crippen LogP contribution < -0.4 is 11.1 Å². The molecule has 0 aromatic rings. The van der Waals surface area contributed by atoms with Gasteiger partial charge in [-0.05, 0) is 39.0 Å². The first kappa shape index (κ1) is 20.2. The van der Waals surface area contributed by atoms with E-state index in [2.05, 4.69) is 12.2 Å². The van der Waals surface area contributed by atoms with Gasteiger partial charge < -0.3 is 16.0 Å². The van der Waals surface area contributed by atoms with Crippen LogP contribution in [0.25, 0.3) is 0 Å². The average molecular weight is 346 g/mol. The van der Waals surface area contributed by atoms with E-state index in [0.29, 0.717) is 6.54 Å². The molecule has 3 N–H and O–H groups in total. The molecule has 0 spiro atoms. The maximum absolute atomic E-state index is 12.7. The number of likely N-dealkylation sites (tertiary alicyclic amines) is 1. The number of carbonyl (C=O) groups is 2. The number of hydrogen-bond donors (Lipinski definition) is 2. The maximum Gasteiger partial charge on any atom is 0.242 e. The van der Waals surface area contributed by atoms with Crippen molar-refractivity contribution in [2.24, 2.45) is 11.7 Å². The molecule has 1 aliphatic carbocycles. The minimum atomic E-state index is -0.673. The van der Waals surface area contributed by atoms with E-state index in [1.807, 2.05) is 11.8 Å². The Morgan fingerprint density at radius 3 is 2.57 bits per heavy atom. The number of rotatable bonds is 5. The SMILES string of the molecule is CCCC(C)NC(=O)C1CCCN(C(=O)C2(N)CCCC2)C1.Cl. The molecule has 0 aromatic heterocycles. The minimum absolute atomic E-state index is 0. The molecule has 1 saturated heterocycles. The van der Waals surface area contributed by atoms with Gasteiger partial charge in [0.15, 0.2) is 0 Å². The van der Waals surface area contributed by atoms with E-state index in [1.54, 1.807) is 0 Å². The van der Waals surface area contributed by atoms with Crippen LogP contribution in [0.3, 0.4) is 0 Å². The number of nitrogens with zero attached hydrogens (tertiary/aromatic N) is 1. The molecule has 134 valence electrons. The molecule has 2 fully saturated rings. The van der Waals surface area contributed by atoms with E-state index in [9.17, 15) is 9.59 Å². The number of nitrogens with one attached hydrogen (secondary N) is 1. The molecule has 0 aromatic carbocycles. The van der Waals surface area contributed by atoms with Crippen LogP contribution in [-0.2, 0) is 9.59 Å². The number of hydrogen-bond acceptors (Lipinski definition) is 3. The molecular formula is C17H32ClN3O2. The Morgan fingerprint density at radius 2 is 1.96 bits per heavy atom. The topological polar surface area (TPSA) is 75.4 Å². The smallest absolute Gasteiger partial charge is 0.242 e. The highest BCUT2D eigenvalue weighted by atomic mass is 35.5. The molecule has 23 heavy (non-hydrogen) atoms. The second-order valence-electron chi connectivity index (χ2n) is 7.15. The summed E-state index contributed by atoms with van der Waals surface area (Å²) >= 11 is 0. The molecule has 5 nitrogen and oxygen atoms in total. The molecule has 0 bridgehead atoms. The molecule has 2 amide bonds. The van der Waals surface area contributed by atoms with Gasteiger partial charge in [-0.25, -0.2) is 0 Å². The standard InChI is InChI=1S/C17H31N3O2.ClH/c1-3-7-13(2)19-15(21)14-8-6-11-20(12-14)16(22)17(18)9-4-5-10-17;/h13-14H,3-12,18H2,1-2H3,(H,19,21);1H. The first-order valence-corrected chi connectivity index (χ1v) is 8.85. The highest BCUT2D eigenvalue weighted by Gasteiger charge is 2.41. The monoisotopic (exact) mass is 345 g/mol. The minimum Gasteiger partial charge on any atom is -0.353 e. The Hall–Kier alpha value is -0.810. The average Bonchev–Trinajstić information content (AvgIpc) is 2.95. The van der Waals surface area contributed by atoms with Crippen molar-refractivity contribution >= 4 is 24.2 Å². The number of amides is 2. The van der Waals surface area contributed by atoms with Gasteiger partial charge in [0.2, 0.25) is 11.8 Å². The fraction of sp³-hybridized carbons (Fsp3) is 0.882. The normalized spacial score (nSPS) is 24.7. The zero-order valence-corrected chi connectivity index (χ0v) is 15.3.